The zero-order valence-corrected chi connectivity index (χ0v) is 16.0. The Labute approximate surface area is 168 Å². The van der Waals surface area contributed by atoms with E-state index >= 15 is 0 Å². The largest absolute Gasteiger partial charge is 0.393 e. The number of halogens is 1. The maximum Gasteiger partial charge on any atom is 0.151 e. The van der Waals surface area contributed by atoms with Crippen LogP contribution in [-0.2, 0) is 13.1 Å². The Balaban J connectivity index is 1.62. The summed E-state index contributed by atoms with van der Waals surface area (Å²) < 4.78 is 14.5. The van der Waals surface area contributed by atoms with Crippen LogP contribution in [0.3, 0.4) is 0 Å². The molecule has 6 nitrogen and oxygen atoms in total. The number of nitrogens with zero attached hydrogens (tertiary/aromatic N) is 1. The van der Waals surface area contributed by atoms with Crippen LogP contribution in [0.2, 0.25) is 0 Å². The highest BCUT2D eigenvalue weighted by atomic mass is 19.1. The molecule has 3 rings (SSSR count). The lowest BCUT2D eigenvalue weighted by Gasteiger charge is -2.14. The zero-order valence-electron chi connectivity index (χ0n) is 16.0. The van der Waals surface area contributed by atoms with Gasteiger partial charge in [0.15, 0.2) is 6.29 Å². The summed E-state index contributed by atoms with van der Waals surface area (Å²) in [5, 5.41) is 17.1. The molecule has 0 saturated carbocycles. The summed E-state index contributed by atoms with van der Waals surface area (Å²) in [5.74, 6) is -0.335. The van der Waals surface area contributed by atoms with Crippen LogP contribution >= 0.6 is 0 Å². The zero-order chi connectivity index (χ0) is 20.6. The molecule has 0 spiro atoms. The number of carbonyl (C=O) groups excluding carboxylic acids is 1. The number of aldehydes is 1. The third-order valence-electron chi connectivity index (χ3n) is 4.35. The van der Waals surface area contributed by atoms with E-state index in [1.54, 1.807) is 55.9 Å². The van der Waals surface area contributed by atoms with Crippen LogP contribution in [0.5, 0.6) is 0 Å². The van der Waals surface area contributed by atoms with Gasteiger partial charge in [0.05, 0.1) is 11.4 Å². The molecule has 2 aromatic rings. The third kappa shape index (κ3) is 5.24. The smallest absolute Gasteiger partial charge is 0.151 e. The minimum Gasteiger partial charge on any atom is -0.393 e. The number of rotatable bonds is 8. The molecule has 29 heavy (non-hydrogen) atoms. The summed E-state index contributed by atoms with van der Waals surface area (Å²) in [6.07, 6.45) is 9.41. The molecular formula is C22H22FN5O. The normalized spacial score (nSPS) is 14.6. The monoisotopic (exact) mass is 391 g/mol. The molecular weight excluding hydrogens is 369 g/mol. The maximum atomic E-state index is 14.5. The van der Waals surface area contributed by atoms with Gasteiger partial charge in [-0.3, -0.25) is 9.78 Å². The van der Waals surface area contributed by atoms with Gasteiger partial charge in [-0.25, -0.2) is 4.39 Å². The van der Waals surface area contributed by atoms with E-state index in [-0.39, 0.29) is 5.82 Å². The molecule has 1 aliphatic rings. The molecule has 0 radical (unpaired) electrons. The van der Waals surface area contributed by atoms with Crippen LogP contribution in [-0.4, -0.2) is 24.0 Å². The van der Waals surface area contributed by atoms with Crippen molar-refractivity contribution in [3.63, 3.8) is 0 Å². The number of nitrogens with one attached hydrogen (secondary N) is 4. The number of hydrogen-bond acceptors (Lipinski definition) is 6. The SMILES string of the molecule is CN/C=C1/C=C(Nc2ccc(CNCc3ncccc3C=O)c(F)c2)C=CC1=N. The maximum absolute atomic E-state index is 14.5. The van der Waals surface area contributed by atoms with Crippen molar-refractivity contribution in [2.45, 2.75) is 13.1 Å². The predicted octanol–water partition coefficient (Wildman–Crippen LogP) is 3.31. The minimum absolute atomic E-state index is 0.315. The lowest BCUT2D eigenvalue weighted by Crippen LogP contribution is -2.16. The predicted molar refractivity (Wildman–Crippen MR) is 112 cm³/mol. The number of benzene rings is 1. The van der Waals surface area contributed by atoms with Gasteiger partial charge < -0.3 is 21.4 Å². The Bertz CT molecular complexity index is 1010. The first-order valence-corrected chi connectivity index (χ1v) is 9.12. The van der Waals surface area contributed by atoms with Gasteiger partial charge in [0.1, 0.15) is 5.82 Å². The van der Waals surface area contributed by atoms with Gasteiger partial charge in [0, 0.05) is 60.6 Å². The molecule has 0 unspecified atom stereocenters. The fourth-order valence-corrected chi connectivity index (χ4v) is 2.87. The van der Waals surface area contributed by atoms with Gasteiger partial charge in [-0.15, -0.1) is 0 Å². The minimum atomic E-state index is -0.335. The first-order chi connectivity index (χ1) is 14.1. The summed E-state index contributed by atoms with van der Waals surface area (Å²) in [7, 11) is 1.77. The summed E-state index contributed by atoms with van der Waals surface area (Å²) in [6, 6.07) is 8.35. The molecule has 1 heterocycles. The van der Waals surface area contributed by atoms with Crippen molar-refractivity contribution in [2.24, 2.45) is 0 Å². The average molecular weight is 391 g/mol. The van der Waals surface area contributed by atoms with E-state index in [1.807, 2.05) is 6.08 Å². The van der Waals surface area contributed by atoms with Crippen LogP contribution in [0.4, 0.5) is 10.1 Å². The molecule has 0 bridgehead atoms. The third-order valence-corrected chi connectivity index (χ3v) is 4.35. The number of hydrogen-bond donors (Lipinski definition) is 4. The van der Waals surface area contributed by atoms with E-state index in [4.69, 9.17) is 5.41 Å². The van der Waals surface area contributed by atoms with Gasteiger partial charge in [-0.1, -0.05) is 6.07 Å². The Kier molecular flexibility index (Phi) is 6.65. The summed E-state index contributed by atoms with van der Waals surface area (Å²) >= 11 is 0. The standard InChI is InChI=1S/C22H22FN5O/c1-25-11-17-9-18(6-7-21(17)24)28-19-5-4-15(20(23)10-19)12-26-13-22-16(14-29)3-2-8-27-22/h2-11,14,24-26,28H,12-13H2,1H3/b17-11-,24-21?. The molecule has 1 aliphatic carbocycles. The molecule has 0 atom stereocenters. The van der Waals surface area contributed by atoms with E-state index in [9.17, 15) is 9.18 Å². The van der Waals surface area contributed by atoms with Crippen LogP contribution in [0, 0.1) is 11.2 Å². The Morgan fingerprint density at radius 3 is 2.83 bits per heavy atom. The van der Waals surface area contributed by atoms with E-state index in [0.29, 0.717) is 41.3 Å². The first kappa shape index (κ1) is 20.2. The number of allylic oxidation sites excluding steroid dienone is 4. The summed E-state index contributed by atoms with van der Waals surface area (Å²) in [5.41, 5.74) is 4.20. The molecule has 0 saturated heterocycles. The second kappa shape index (κ2) is 9.57. The van der Waals surface area contributed by atoms with Crippen molar-refractivity contribution in [3.8, 4) is 0 Å². The van der Waals surface area contributed by atoms with E-state index < -0.39 is 0 Å². The summed E-state index contributed by atoms with van der Waals surface area (Å²) in [4.78, 5) is 15.2. The van der Waals surface area contributed by atoms with E-state index in [2.05, 4.69) is 20.9 Å². The van der Waals surface area contributed by atoms with Crippen molar-refractivity contribution < 1.29 is 9.18 Å². The second-order valence-electron chi connectivity index (χ2n) is 6.43. The van der Waals surface area contributed by atoms with Crippen molar-refractivity contribution in [1.82, 2.24) is 15.6 Å². The van der Waals surface area contributed by atoms with Gasteiger partial charge in [0.2, 0.25) is 0 Å². The topological polar surface area (TPSA) is 89.9 Å². The number of pyridine rings is 1. The molecule has 1 aromatic heterocycles. The van der Waals surface area contributed by atoms with Gasteiger partial charge in [-0.05, 0) is 42.5 Å². The fraction of sp³-hybridized carbons (Fsp3) is 0.136. The molecule has 0 amide bonds. The van der Waals surface area contributed by atoms with Crippen LogP contribution < -0.4 is 16.0 Å². The second-order valence-corrected chi connectivity index (χ2v) is 6.43. The van der Waals surface area contributed by atoms with Gasteiger partial charge in [-0.2, -0.15) is 0 Å². The molecule has 4 N–H and O–H groups in total. The molecule has 1 aromatic carbocycles. The highest BCUT2D eigenvalue weighted by molar-refractivity contribution is 6.09. The van der Waals surface area contributed by atoms with Crippen LogP contribution in [0.25, 0.3) is 0 Å². The van der Waals surface area contributed by atoms with Gasteiger partial charge in [0.25, 0.3) is 0 Å². The van der Waals surface area contributed by atoms with Crippen molar-refractivity contribution in [2.75, 3.05) is 12.4 Å². The van der Waals surface area contributed by atoms with E-state index in [1.165, 1.54) is 6.07 Å². The van der Waals surface area contributed by atoms with E-state index in [0.717, 1.165) is 17.6 Å². The lowest BCUT2D eigenvalue weighted by molar-refractivity contribution is 0.112. The lowest BCUT2D eigenvalue weighted by atomic mass is 10.0. The van der Waals surface area contributed by atoms with Crippen molar-refractivity contribution in [3.05, 3.63) is 94.9 Å². The average Bonchev–Trinajstić information content (AvgIpc) is 2.72. The first-order valence-electron chi connectivity index (χ1n) is 9.12. The van der Waals surface area contributed by atoms with Crippen molar-refractivity contribution >= 4 is 17.7 Å². The van der Waals surface area contributed by atoms with Crippen LogP contribution in [0.15, 0.2) is 72.2 Å². The van der Waals surface area contributed by atoms with Crippen LogP contribution in [0.1, 0.15) is 21.6 Å². The number of carbonyl (C=O) groups is 1. The number of anilines is 1. The Hall–Kier alpha value is -3.58. The molecule has 148 valence electrons. The molecule has 0 fully saturated rings. The fourth-order valence-electron chi connectivity index (χ4n) is 2.87. The molecule has 7 heteroatoms. The number of aromatic nitrogens is 1. The van der Waals surface area contributed by atoms with Gasteiger partial charge >= 0.3 is 0 Å². The highest BCUT2D eigenvalue weighted by Crippen LogP contribution is 2.19. The Morgan fingerprint density at radius 2 is 2.07 bits per heavy atom. The Morgan fingerprint density at radius 1 is 1.21 bits per heavy atom. The highest BCUT2D eigenvalue weighted by Gasteiger charge is 2.09. The quantitative estimate of drug-likeness (QED) is 0.519. The summed E-state index contributed by atoms with van der Waals surface area (Å²) in [6.45, 7) is 0.689. The molecule has 0 aliphatic heterocycles. The van der Waals surface area contributed by atoms with Crippen molar-refractivity contribution in [1.29, 1.82) is 5.41 Å².